The largest absolute Gasteiger partial charge is 0.465 e. The number of ketones is 1. The molecule has 0 aliphatic rings. The number of hydrogen-bond donors (Lipinski definition) is 3. The molecular formula is C31H37N3O4. The third-order valence-electron chi connectivity index (χ3n) is 6.25. The first-order valence-corrected chi connectivity index (χ1v) is 12.9. The number of aryl methyl sites for hydroxylation is 2. The predicted octanol–water partition coefficient (Wildman–Crippen LogP) is 6.36. The van der Waals surface area contributed by atoms with Crippen molar-refractivity contribution < 1.29 is 19.5 Å². The number of anilines is 1. The molecule has 0 aliphatic carbocycles. The fraction of sp³-hybridized carbons (Fsp3) is 0.355. The van der Waals surface area contributed by atoms with Crippen molar-refractivity contribution >= 4 is 23.5 Å². The van der Waals surface area contributed by atoms with Crippen LogP contribution in [0.25, 0.3) is 11.1 Å². The highest BCUT2D eigenvalue weighted by molar-refractivity contribution is 5.98. The van der Waals surface area contributed by atoms with Gasteiger partial charge >= 0.3 is 6.09 Å². The van der Waals surface area contributed by atoms with E-state index in [1.807, 2.05) is 38.1 Å². The van der Waals surface area contributed by atoms with Gasteiger partial charge in [0.1, 0.15) is 0 Å². The topological polar surface area (TPSA) is 108 Å². The Bertz CT molecular complexity index is 1340. The number of carbonyl (C=O) groups is 3. The third kappa shape index (κ3) is 7.51. The van der Waals surface area contributed by atoms with E-state index in [4.69, 9.17) is 4.98 Å². The predicted molar refractivity (Wildman–Crippen MR) is 151 cm³/mol. The standard InChI is InChI=1S/C31H37N3O4/c1-7-26-24(16-28(36)33-23-10-8-9-22(15-23)20(3)35)29(21-13-11-19(2)12-14-21)25(18-32-30(37)38)27(34-26)17-31(4,5)6/h8-15,32H,7,16-18H2,1-6H3,(H,33,36)(H,37,38). The number of nitrogens with zero attached hydrogens (tertiary/aromatic N) is 1. The lowest BCUT2D eigenvalue weighted by Gasteiger charge is -2.25. The Hall–Kier alpha value is -4.00. The summed E-state index contributed by atoms with van der Waals surface area (Å²) in [5, 5.41) is 14.9. The van der Waals surface area contributed by atoms with Crippen LogP contribution in [0.1, 0.15) is 73.1 Å². The molecule has 2 aromatic carbocycles. The zero-order valence-electron chi connectivity index (χ0n) is 23.1. The molecule has 200 valence electrons. The molecule has 0 spiro atoms. The van der Waals surface area contributed by atoms with Gasteiger partial charge in [0.05, 0.1) is 6.42 Å². The minimum Gasteiger partial charge on any atom is -0.465 e. The molecule has 38 heavy (non-hydrogen) atoms. The molecule has 0 radical (unpaired) electrons. The average molecular weight is 516 g/mol. The number of hydrogen-bond acceptors (Lipinski definition) is 4. The van der Waals surface area contributed by atoms with E-state index in [0.717, 1.165) is 39.2 Å². The number of aromatic nitrogens is 1. The van der Waals surface area contributed by atoms with E-state index in [1.54, 1.807) is 24.3 Å². The summed E-state index contributed by atoms with van der Waals surface area (Å²) < 4.78 is 0. The van der Waals surface area contributed by atoms with E-state index in [2.05, 4.69) is 31.4 Å². The number of pyridine rings is 1. The highest BCUT2D eigenvalue weighted by Gasteiger charge is 2.25. The summed E-state index contributed by atoms with van der Waals surface area (Å²) >= 11 is 0. The molecule has 0 unspecified atom stereocenters. The van der Waals surface area contributed by atoms with Gasteiger partial charge in [0.25, 0.3) is 0 Å². The maximum absolute atomic E-state index is 13.3. The van der Waals surface area contributed by atoms with E-state index in [-0.39, 0.29) is 30.1 Å². The van der Waals surface area contributed by atoms with Crippen LogP contribution in [0.4, 0.5) is 10.5 Å². The second-order valence-corrected chi connectivity index (χ2v) is 10.8. The Morgan fingerprint density at radius 1 is 0.974 bits per heavy atom. The number of carboxylic acid groups (broad SMARTS) is 1. The second kappa shape index (κ2) is 12.0. The fourth-order valence-corrected chi connectivity index (χ4v) is 4.50. The van der Waals surface area contributed by atoms with Crippen molar-refractivity contribution in [1.82, 2.24) is 10.3 Å². The highest BCUT2D eigenvalue weighted by Crippen LogP contribution is 2.35. The van der Waals surface area contributed by atoms with Crippen molar-refractivity contribution in [1.29, 1.82) is 0 Å². The lowest BCUT2D eigenvalue weighted by atomic mass is 9.84. The molecule has 0 saturated heterocycles. The monoisotopic (exact) mass is 515 g/mol. The molecule has 3 aromatic rings. The van der Waals surface area contributed by atoms with Crippen LogP contribution in [-0.4, -0.2) is 27.9 Å². The SMILES string of the molecule is CCc1nc(CC(C)(C)C)c(CNC(=O)O)c(-c2ccc(C)cc2)c1CC(=O)Nc1cccc(C(C)=O)c1. The first kappa shape index (κ1) is 28.6. The number of amides is 2. The molecule has 7 heteroatoms. The first-order chi connectivity index (χ1) is 17.9. The van der Waals surface area contributed by atoms with Gasteiger partial charge in [0.2, 0.25) is 5.91 Å². The molecule has 0 aliphatic heterocycles. The first-order valence-electron chi connectivity index (χ1n) is 12.9. The molecule has 0 fully saturated rings. The van der Waals surface area contributed by atoms with Crippen LogP contribution in [0.15, 0.2) is 48.5 Å². The van der Waals surface area contributed by atoms with Gasteiger partial charge < -0.3 is 15.7 Å². The van der Waals surface area contributed by atoms with E-state index in [0.29, 0.717) is 24.1 Å². The Morgan fingerprint density at radius 2 is 1.66 bits per heavy atom. The lowest BCUT2D eigenvalue weighted by Crippen LogP contribution is -2.25. The summed E-state index contributed by atoms with van der Waals surface area (Å²) in [6, 6.07) is 14.9. The Morgan fingerprint density at radius 3 is 2.24 bits per heavy atom. The van der Waals surface area contributed by atoms with Gasteiger partial charge in [-0.05, 0) is 60.9 Å². The molecule has 0 atom stereocenters. The van der Waals surface area contributed by atoms with Gasteiger partial charge in [-0.25, -0.2) is 4.79 Å². The lowest BCUT2D eigenvalue weighted by molar-refractivity contribution is -0.115. The fourth-order valence-electron chi connectivity index (χ4n) is 4.50. The Labute approximate surface area is 224 Å². The molecular weight excluding hydrogens is 478 g/mol. The second-order valence-electron chi connectivity index (χ2n) is 10.8. The molecule has 3 rings (SSSR count). The van der Waals surface area contributed by atoms with Crippen LogP contribution in [0.5, 0.6) is 0 Å². The van der Waals surface area contributed by atoms with Crippen LogP contribution >= 0.6 is 0 Å². The summed E-state index contributed by atoms with van der Waals surface area (Å²) in [7, 11) is 0. The van der Waals surface area contributed by atoms with Crippen molar-refractivity contribution in [2.45, 2.75) is 67.3 Å². The maximum atomic E-state index is 13.3. The van der Waals surface area contributed by atoms with Crippen LogP contribution in [0.3, 0.4) is 0 Å². The van der Waals surface area contributed by atoms with Gasteiger partial charge in [-0.1, -0.05) is 69.7 Å². The molecule has 2 amide bonds. The summed E-state index contributed by atoms with van der Waals surface area (Å²) in [5.74, 6) is -0.318. The van der Waals surface area contributed by atoms with Crippen molar-refractivity contribution in [2.24, 2.45) is 5.41 Å². The molecule has 1 aromatic heterocycles. The maximum Gasteiger partial charge on any atom is 0.404 e. The van der Waals surface area contributed by atoms with Crippen LogP contribution in [0, 0.1) is 12.3 Å². The third-order valence-corrected chi connectivity index (χ3v) is 6.25. The van der Waals surface area contributed by atoms with E-state index in [9.17, 15) is 19.5 Å². The number of Topliss-reactive ketones (excluding diaryl/α,β-unsaturated/α-hetero) is 1. The van der Waals surface area contributed by atoms with Crippen molar-refractivity contribution in [3.63, 3.8) is 0 Å². The smallest absolute Gasteiger partial charge is 0.404 e. The van der Waals surface area contributed by atoms with Crippen LogP contribution in [0.2, 0.25) is 0 Å². The number of carbonyl (C=O) groups excluding carboxylic acids is 2. The van der Waals surface area contributed by atoms with E-state index in [1.165, 1.54) is 6.92 Å². The molecule has 0 saturated carbocycles. The Balaban J connectivity index is 2.17. The zero-order valence-corrected chi connectivity index (χ0v) is 23.1. The van der Waals surface area contributed by atoms with Crippen LogP contribution in [-0.2, 0) is 30.6 Å². The molecule has 7 nitrogen and oxygen atoms in total. The summed E-state index contributed by atoms with van der Waals surface area (Å²) in [5.41, 5.74) is 7.04. The quantitative estimate of drug-likeness (QED) is 0.287. The minimum atomic E-state index is -1.12. The zero-order chi connectivity index (χ0) is 28.0. The van der Waals surface area contributed by atoms with Gasteiger partial charge in [-0.3, -0.25) is 14.6 Å². The molecule has 1 heterocycles. The van der Waals surface area contributed by atoms with E-state index >= 15 is 0 Å². The number of rotatable bonds is 9. The van der Waals surface area contributed by atoms with Gasteiger partial charge in [-0.15, -0.1) is 0 Å². The van der Waals surface area contributed by atoms with Crippen LogP contribution < -0.4 is 10.6 Å². The average Bonchev–Trinajstić information content (AvgIpc) is 2.83. The van der Waals surface area contributed by atoms with Crippen molar-refractivity contribution in [3.8, 4) is 11.1 Å². The number of nitrogens with one attached hydrogen (secondary N) is 2. The highest BCUT2D eigenvalue weighted by atomic mass is 16.4. The van der Waals surface area contributed by atoms with Gasteiger partial charge in [-0.2, -0.15) is 0 Å². The normalized spacial score (nSPS) is 11.2. The summed E-state index contributed by atoms with van der Waals surface area (Å²) in [6.45, 7) is 11.9. The Kier molecular flexibility index (Phi) is 9.04. The minimum absolute atomic E-state index is 0.0551. The van der Waals surface area contributed by atoms with E-state index < -0.39 is 6.09 Å². The van der Waals surface area contributed by atoms with Gasteiger partial charge in [0.15, 0.2) is 5.78 Å². The van der Waals surface area contributed by atoms with Crippen molar-refractivity contribution in [2.75, 3.05) is 5.32 Å². The summed E-state index contributed by atoms with van der Waals surface area (Å²) in [6.07, 6.45) is 0.204. The van der Waals surface area contributed by atoms with Gasteiger partial charge in [0, 0.05) is 34.7 Å². The van der Waals surface area contributed by atoms with Crippen molar-refractivity contribution in [3.05, 3.63) is 82.2 Å². The summed E-state index contributed by atoms with van der Waals surface area (Å²) in [4.78, 5) is 41.6. The number of benzene rings is 2. The molecule has 3 N–H and O–H groups in total. The molecule has 0 bridgehead atoms.